The van der Waals surface area contributed by atoms with Crippen LogP contribution in [0, 0.1) is 0 Å². The minimum absolute atomic E-state index is 0.0923. The fourth-order valence-corrected chi connectivity index (χ4v) is 1.95. The molecule has 0 aliphatic heterocycles. The molecule has 2 rings (SSSR count). The first-order valence-corrected chi connectivity index (χ1v) is 7.32. The SMILES string of the molecule is CC(C)c1cccc(OCC(=O)NCc2cc(C(N)=O)co2)c1. The molecule has 122 valence electrons. The number of nitrogens with two attached hydrogens (primary N) is 1. The molecule has 0 spiro atoms. The molecular formula is C17H20N2O4. The number of carbonyl (C=O) groups is 2. The van der Waals surface area contributed by atoms with Crippen LogP contribution in [0.15, 0.2) is 41.0 Å². The summed E-state index contributed by atoms with van der Waals surface area (Å²) in [7, 11) is 0. The van der Waals surface area contributed by atoms with Crippen molar-refractivity contribution in [1.29, 1.82) is 0 Å². The maximum absolute atomic E-state index is 11.8. The average Bonchev–Trinajstić information content (AvgIpc) is 3.00. The summed E-state index contributed by atoms with van der Waals surface area (Å²) >= 11 is 0. The highest BCUT2D eigenvalue weighted by Crippen LogP contribution is 2.19. The van der Waals surface area contributed by atoms with Crippen molar-refractivity contribution in [3.05, 3.63) is 53.5 Å². The molecule has 0 atom stereocenters. The van der Waals surface area contributed by atoms with Crippen LogP contribution < -0.4 is 15.8 Å². The molecule has 1 aromatic carbocycles. The van der Waals surface area contributed by atoms with Gasteiger partial charge in [0.15, 0.2) is 6.61 Å². The number of furan rings is 1. The molecule has 3 N–H and O–H groups in total. The van der Waals surface area contributed by atoms with E-state index in [0.29, 0.717) is 17.4 Å². The van der Waals surface area contributed by atoms with E-state index in [2.05, 4.69) is 19.2 Å². The lowest BCUT2D eigenvalue weighted by Gasteiger charge is -2.10. The summed E-state index contributed by atoms with van der Waals surface area (Å²) in [5.74, 6) is 0.650. The summed E-state index contributed by atoms with van der Waals surface area (Å²) < 4.78 is 10.6. The van der Waals surface area contributed by atoms with E-state index in [1.807, 2.05) is 24.3 Å². The second kappa shape index (κ2) is 7.49. The van der Waals surface area contributed by atoms with E-state index in [1.165, 1.54) is 12.3 Å². The second-order valence-electron chi connectivity index (χ2n) is 5.46. The van der Waals surface area contributed by atoms with E-state index in [9.17, 15) is 9.59 Å². The number of benzene rings is 1. The smallest absolute Gasteiger partial charge is 0.258 e. The summed E-state index contributed by atoms with van der Waals surface area (Å²) in [6.45, 7) is 4.26. The summed E-state index contributed by atoms with van der Waals surface area (Å²) in [4.78, 5) is 22.7. The molecule has 0 radical (unpaired) electrons. The Labute approximate surface area is 134 Å². The minimum atomic E-state index is -0.570. The van der Waals surface area contributed by atoms with Gasteiger partial charge in [0.25, 0.3) is 11.8 Å². The maximum atomic E-state index is 11.8. The molecule has 6 nitrogen and oxygen atoms in total. The van der Waals surface area contributed by atoms with Crippen LogP contribution in [-0.2, 0) is 11.3 Å². The number of carbonyl (C=O) groups excluding carboxylic acids is 2. The second-order valence-corrected chi connectivity index (χ2v) is 5.46. The molecule has 2 amide bonds. The van der Waals surface area contributed by atoms with Crippen molar-refractivity contribution in [3.8, 4) is 5.75 Å². The van der Waals surface area contributed by atoms with Crippen LogP contribution in [0.1, 0.15) is 41.4 Å². The highest BCUT2D eigenvalue weighted by atomic mass is 16.5. The van der Waals surface area contributed by atoms with Gasteiger partial charge >= 0.3 is 0 Å². The zero-order chi connectivity index (χ0) is 16.8. The Kier molecular flexibility index (Phi) is 5.41. The first-order valence-electron chi connectivity index (χ1n) is 7.32. The molecule has 0 unspecified atom stereocenters. The Hall–Kier alpha value is -2.76. The number of rotatable bonds is 7. The van der Waals surface area contributed by atoms with Gasteiger partial charge in [-0.25, -0.2) is 0 Å². The van der Waals surface area contributed by atoms with Crippen molar-refractivity contribution in [3.63, 3.8) is 0 Å². The van der Waals surface area contributed by atoms with Crippen LogP contribution in [0.5, 0.6) is 5.75 Å². The first-order chi connectivity index (χ1) is 11.0. The largest absolute Gasteiger partial charge is 0.484 e. The number of amides is 2. The summed E-state index contributed by atoms with van der Waals surface area (Å²) in [5.41, 5.74) is 6.55. The Morgan fingerprint density at radius 1 is 1.30 bits per heavy atom. The molecule has 0 aliphatic rings. The molecule has 0 aliphatic carbocycles. The molecule has 0 saturated heterocycles. The Bertz CT molecular complexity index is 691. The fourth-order valence-electron chi connectivity index (χ4n) is 1.95. The van der Waals surface area contributed by atoms with Crippen molar-refractivity contribution in [2.24, 2.45) is 5.73 Å². The third-order valence-corrected chi connectivity index (χ3v) is 3.29. The van der Waals surface area contributed by atoms with E-state index in [0.717, 1.165) is 5.56 Å². The van der Waals surface area contributed by atoms with Gasteiger partial charge in [0, 0.05) is 0 Å². The lowest BCUT2D eigenvalue weighted by atomic mass is 10.0. The van der Waals surface area contributed by atoms with Gasteiger partial charge in [0.2, 0.25) is 0 Å². The number of hydrogen-bond donors (Lipinski definition) is 2. The van der Waals surface area contributed by atoms with Gasteiger partial charge in [0.05, 0.1) is 12.1 Å². The number of primary amides is 1. The van der Waals surface area contributed by atoms with Crippen LogP contribution in [0.3, 0.4) is 0 Å². The van der Waals surface area contributed by atoms with Gasteiger partial charge in [-0.2, -0.15) is 0 Å². The van der Waals surface area contributed by atoms with E-state index in [1.54, 1.807) is 0 Å². The van der Waals surface area contributed by atoms with E-state index < -0.39 is 5.91 Å². The third kappa shape index (κ3) is 4.88. The number of nitrogens with one attached hydrogen (secondary N) is 1. The lowest BCUT2D eigenvalue weighted by Crippen LogP contribution is -2.28. The third-order valence-electron chi connectivity index (χ3n) is 3.29. The Balaban J connectivity index is 1.80. The van der Waals surface area contributed by atoms with Crippen molar-refractivity contribution < 1.29 is 18.7 Å². The molecule has 0 bridgehead atoms. The zero-order valence-electron chi connectivity index (χ0n) is 13.2. The van der Waals surface area contributed by atoms with Gasteiger partial charge in [-0.1, -0.05) is 26.0 Å². The fraction of sp³-hybridized carbons (Fsp3) is 0.294. The van der Waals surface area contributed by atoms with Crippen LogP contribution in [0.25, 0.3) is 0 Å². The predicted molar refractivity (Wildman–Crippen MR) is 85.1 cm³/mol. The van der Waals surface area contributed by atoms with Gasteiger partial charge in [-0.3, -0.25) is 9.59 Å². The van der Waals surface area contributed by atoms with Gasteiger partial charge in [-0.15, -0.1) is 0 Å². The molecule has 6 heteroatoms. The Morgan fingerprint density at radius 2 is 2.09 bits per heavy atom. The molecule has 2 aromatic rings. The minimum Gasteiger partial charge on any atom is -0.484 e. The lowest BCUT2D eigenvalue weighted by molar-refractivity contribution is -0.123. The van der Waals surface area contributed by atoms with Gasteiger partial charge < -0.3 is 20.2 Å². The molecule has 1 heterocycles. The van der Waals surface area contributed by atoms with Crippen LogP contribution in [-0.4, -0.2) is 18.4 Å². The molecule has 23 heavy (non-hydrogen) atoms. The quantitative estimate of drug-likeness (QED) is 0.818. The van der Waals surface area contributed by atoms with Crippen molar-refractivity contribution in [2.75, 3.05) is 6.61 Å². The standard InChI is InChI=1S/C17H20N2O4/c1-11(2)12-4-3-5-14(6-12)23-10-16(20)19-8-15-7-13(9-22-15)17(18)21/h3-7,9,11H,8,10H2,1-2H3,(H2,18,21)(H,19,20). The van der Waals surface area contributed by atoms with Crippen LogP contribution >= 0.6 is 0 Å². The summed E-state index contributed by atoms with van der Waals surface area (Å²) in [5, 5.41) is 2.65. The van der Waals surface area contributed by atoms with Crippen molar-refractivity contribution in [2.45, 2.75) is 26.3 Å². The maximum Gasteiger partial charge on any atom is 0.258 e. The molecular weight excluding hydrogens is 296 g/mol. The number of hydrogen-bond acceptors (Lipinski definition) is 4. The normalized spacial score (nSPS) is 10.6. The van der Waals surface area contributed by atoms with Crippen LogP contribution in [0.4, 0.5) is 0 Å². The predicted octanol–water partition coefficient (Wildman–Crippen LogP) is 2.20. The molecule has 0 fully saturated rings. The monoisotopic (exact) mass is 316 g/mol. The summed E-state index contributed by atoms with van der Waals surface area (Å²) in [6.07, 6.45) is 1.26. The average molecular weight is 316 g/mol. The van der Waals surface area contributed by atoms with Crippen LogP contribution in [0.2, 0.25) is 0 Å². The van der Waals surface area contributed by atoms with Gasteiger partial charge in [0.1, 0.15) is 17.8 Å². The summed E-state index contributed by atoms with van der Waals surface area (Å²) in [6, 6.07) is 9.14. The van der Waals surface area contributed by atoms with E-state index >= 15 is 0 Å². The highest BCUT2D eigenvalue weighted by molar-refractivity contribution is 5.92. The molecule has 0 saturated carbocycles. The highest BCUT2D eigenvalue weighted by Gasteiger charge is 2.09. The topological polar surface area (TPSA) is 94.6 Å². The van der Waals surface area contributed by atoms with E-state index in [4.69, 9.17) is 14.9 Å². The van der Waals surface area contributed by atoms with Crippen molar-refractivity contribution in [1.82, 2.24) is 5.32 Å². The Morgan fingerprint density at radius 3 is 2.74 bits per heavy atom. The number of ether oxygens (including phenoxy) is 1. The van der Waals surface area contributed by atoms with Gasteiger partial charge in [-0.05, 0) is 29.7 Å². The van der Waals surface area contributed by atoms with Crippen molar-refractivity contribution >= 4 is 11.8 Å². The van der Waals surface area contributed by atoms with E-state index in [-0.39, 0.29) is 24.6 Å². The zero-order valence-corrected chi connectivity index (χ0v) is 13.2. The first kappa shape index (κ1) is 16.6. The molecule has 1 aromatic heterocycles.